The maximum Gasteiger partial charge on any atom is 0.250 e. The highest BCUT2D eigenvalue weighted by atomic mass is 32.2. The van der Waals surface area contributed by atoms with Crippen molar-refractivity contribution in [1.29, 1.82) is 0 Å². The summed E-state index contributed by atoms with van der Waals surface area (Å²) in [6, 6.07) is 13.0. The molecule has 0 radical (unpaired) electrons. The zero-order valence-electron chi connectivity index (χ0n) is 13.6. The van der Waals surface area contributed by atoms with Crippen LogP contribution in [-0.4, -0.2) is 60.5 Å². The number of rotatable bonds is 4. The van der Waals surface area contributed by atoms with Crippen molar-refractivity contribution >= 4 is 15.9 Å². The third kappa shape index (κ3) is 3.52. The molecule has 128 valence electrons. The third-order valence-electron chi connectivity index (χ3n) is 4.29. The van der Waals surface area contributed by atoms with Crippen molar-refractivity contribution in [3.05, 3.63) is 60.4 Å². The van der Waals surface area contributed by atoms with Gasteiger partial charge in [0.05, 0.1) is 6.26 Å². The molecule has 2 aromatic rings. The summed E-state index contributed by atoms with van der Waals surface area (Å²) >= 11 is 0. The van der Waals surface area contributed by atoms with Gasteiger partial charge in [-0.05, 0) is 17.7 Å². The molecule has 1 saturated heterocycles. The SMILES string of the molecule is CS(=O)(=O)N1CCN(C(=O)C(c2ccccc2)n2cccc2)CC1. The highest BCUT2D eigenvalue weighted by Gasteiger charge is 2.31. The predicted octanol–water partition coefficient (Wildman–Crippen LogP) is 1.18. The van der Waals surface area contributed by atoms with Gasteiger partial charge in [0.15, 0.2) is 0 Å². The van der Waals surface area contributed by atoms with Crippen LogP contribution in [-0.2, 0) is 14.8 Å². The smallest absolute Gasteiger partial charge is 0.250 e. The average molecular weight is 347 g/mol. The number of sulfonamides is 1. The standard InChI is InChI=1S/C17H21N3O3S/c1-24(22,23)20-13-11-19(12-14-20)17(21)16(18-9-5-6-10-18)15-7-3-2-4-8-15/h2-10,16H,11-14H2,1H3. The zero-order chi connectivity index (χ0) is 17.2. The van der Waals surface area contributed by atoms with Gasteiger partial charge in [-0.2, -0.15) is 4.31 Å². The molecule has 6 nitrogen and oxygen atoms in total. The molecule has 1 amide bonds. The first-order valence-corrected chi connectivity index (χ1v) is 9.73. The second-order valence-corrected chi connectivity index (χ2v) is 7.91. The second kappa shape index (κ2) is 6.78. The minimum absolute atomic E-state index is 0.00875. The zero-order valence-corrected chi connectivity index (χ0v) is 14.4. The van der Waals surface area contributed by atoms with Crippen LogP contribution in [0.2, 0.25) is 0 Å². The Labute approximate surface area is 142 Å². The topological polar surface area (TPSA) is 62.6 Å². The van der Waals surface area contributed by atoms with Crippen molar-refractivity contribution in [3.63, 3.8) is 0 Å². The minimum Gasteiger partial charge on any atom is -0.338 e. The average Bonchev–Trinajstić information content (AvgIpc) is 3.09. The Morgan fingerprint density at radius 1 is 0.958 bits per heavy atom. The molecule has 0 N–H and O–H groups in total. The van der Waals surface area contributed by atoms with Crippen LogP contribution in [0.3, 0.4) is 0 Å². The van der Waals surface area contributed by atoms with E-state index in [1.807, 2.05) is 59.4 Å². The number of aromatic nitrogens is 1. The van der Waals surface area contributed by atoms with Crippen LogP contribution in [0.5, 0.6) is 0 Å². The van der Waals surface area contributed by atoms with E-state index in [1.165, 1.54) is 10.6 Å². The normalized spacial score (nSPS) is 17.6. The first-order valence-electron chi connectivity index (χ1n) is 7.88. The summed E-state index contributed by atoms with van der Waals surface area (Å²) in [4.78, 5) is 14.8. The van der Waals surface area contributed by atoms with Gasteiger partial charge in [-0.1, -0.05) is 30.3 Å². The van der Waals surface area contributed by atoms with E-state index in [0.717, 1.165) is 5.56 Å². The molecule has 7 heteroatoms. The van der Waals surface area contributed by atoms with Crippen LogP contribution >= 0.6 is 0 Å². The lowest BCUT2D eigenvalue weighted by atomic mass is 10.0. The number of nitrogens with zero attached hydrogens (tertiary/aromatic N) is 3. The third-order valence-corrected chi connectivity index (χ3v) is 5.60. The Kier molecular flexibility index (Phi) is 4.73. The van der Waals surface area contributed by atoms with Gasteiger partial charge in [-0.25, -0.2) is 8.42 Å². The van der Waals surface area contributed by atoms with E-state index in [-0.39, 0.29) is 5.91 Å². The van der Waals surface area contributed by atoms with Crippen LogP contribution in [0, 0.1) is 0 Å². The highest BCUT2D eigenvalue weighted by molar-refractivity contribution is 7.88. The van der Waals surface area contributed by atoms with E-state index in [2.05, 4.69) is 0 Å². The van der Waals surface area contributed by atoms with Gasteiger partial charge in [0.1, 0.15) is 6.04 Å². The second-order valence-electron chi connectivity index (χ2n) is 5.93. The van der Waals surface area contributed by atoms with Crippen molar-refractivity contribution in [2.45, 2.75) is 6.04 Å². The first kappa shape index (κ1) is 16.7. The first-order chi connectivity index (χ1) is 11.5. The molecule has 0 spiro atoms. The van der Waals surface area contributed by atoms with Crippen molar-refractivity contribution < 1.29 is 13.2 Å². The molecule has 0 saturated carbocycles. The molecule has 2 heterocycles. The monoisotopic (exact) mass is 347 g/mol. The van der Waals surface area contributed by atoms with Crippen molar-refractivity contribution in [1.82, 2.24) is 13.8 Å². The fourth-order valence-electron chi connectivity index (χ4n) is 3.01. The molecular formula is C17H21N3O3S. The molecular weight excluding hydrogens is 326 g/mol. The van der Waals surface area contributed by atoms with Crippen LogP contribution < -0.4 is 0 Å². The highest BCUT2D eigenvalue weighted by Crippen LogP contribution is 2.22. The number of hydrogen-bond donors (Lipinski definition) is 0. The maximum atomic E-state index is 13.1. The van der Waals surface area contributed by atoms with Gasteiger partial charge in [-0.3, -0.25) is 4.79 Å². The van der Waals surface area contributed by atoms with Crippen molar-refractivity contribution in [2.24, 2.45) is 0 Å². The molecule has 1 aliphatic heterocycles. The van der Waals surface area contributed by atoms with Crippen LogP contribution in [0.1, 0.15) is 11.6 Å². The Bertz CT molecular complexity index is 780. The van der Waals surface area contributed by atoms with Gasteiger partial charge in [0, 0.05) is 38.6 Å². The number of carbonyl (C=O) groups excluding carboxylic acids is 1. The summed E-state index contributed by atoms with van der Waals surface area (Å²) < 4.78 is 26.6. The summed E-state index contributed by atoms with van der Waals surface area (Å²) in [6.07, 6.45) is 4.96. The fourth-order valence-corrected chi connectivity index (χ4v) is 3.84. The molecule has 3 rings (SSSR count). The number of carbonyl (C=O) groups is 1. The number of piperazine rings is 1. The summed E-state index contributed by atoms with van der Waals surface area (Å²) in [7, 11) is -3.20. The van der Waals surface area contributed by atoms with Gasteiger partial charge >= 0.3 is 0 Å². The predicted molar refractivity (Wildman–Crippen MR) is 92.0 cm³/mol. The van der Waals surface area contributed by atoms with E-state index < -0.39 is 16.1 Å². The Morgan fingerprint density at radius 3 is 2.08 bits per heavy atom. The molecule has 1 aromatic heterocycles. The van der Waals surface area contributed by atoms with E-state index in [1.54, 1.807) is 4.90 Å². The summed E-state index contributed by atoms with van der Waals surface area (Å²) in [5, 5.41) is 0. The number of benzene rings is 1. The van der Waals surface area contributed by atoms with Gasteiger partial charge < -0.3 is 9.47 Å². The number of amides is 1. The molecule has 24 heavy (non-hydrogen) atoms. The Morgan fingerprint density at radius 2 is 1.54 bits per heavy atom. The van der Waals surface area contributed by atoms with E-state index in [0.29, 0.717) is 26.2 Å². The lowest BCUT2D eigenvalue weighted by Gasteiger charge is -2.35. The van der Waals surface area contributed by atoms with Crippen LogP contribution in [0.25, 0.3) is 0 Å². The lowest BCUT2D eigenvalue weighted by molar-refractivity contribution is -0.134. The molecule has 1 atom stereocenters. The van der Waals surface area contributed by atoms with Gasteiger partial charge in [-0.15, -0.1) is 0 Å². The van der Waals surface area contributed by atoms with E-state index >= 15 is 0 Å². The number of hydrogen-bond acceptors (Lipinski definition) is 3. The largest absolute Gasteiger partial charge is 0.338 e. The van der Waals surface area contributed by atoms with Crippen molar-refractivity contribution in [3.8, 4) is 0 Å². The molecule has 1 aliphatic rings. The van der Waals surface area contributed by atoms with Gasteiger partial charge in [0.25, 0.3) is 0 Å². The van der Waals surface area contributed by atoms with Crippen LogP contribution in [0.15, 0.2) is 54.9 Å². The summed E-state index contributed by atoms with van der Waals surface area (Å²) in [6.45, 7) is 1.52. The molecule has 0 bridgehead atoms. The van der Waals surface area contributed by atoms with Crippen LogP contribution in [0.4, 0.5) is 0 Å². The van der Waals surface area contributed by atoms with E-state index in [4.69, 9.17) is 0 Å². The van der Waals surface area contributed by atoms with E-state index in [9.17, 15) is 13.2 Å². The molecule has 1 unspecified atom stereocenters. The molecule has 1 fully saturated rings. The van der Waals surface area contributed by atoms with Gasteiger partial charge in [0.2, 0.25) is 15.9 Å². The lowest BCUT2D eigenvalue weighted by Crippen LogP contribution is -2.51. The molecule has 0 aliphatic carbocycles. The fraction of sp³-hybridized carbons (Fsp3) is 0.353. The summed E-state index contributed by atoms with van der Waals surface area (Å²) in [5.41, 5.74) is 0.921. The Hall–Kier alpha value is -2.12. The quantitative estimate of drug-likeness (QED) is 0.834. The maximum absolute atomic E-state index is 13.1. The minimum atomic E-state index is -3.20. The molecule has 1 aromatic carbocycles. The summed E-state index contributed by atoms with van der Waals surface area (Å²) in [5.74, 6) is -0.00875. The Balaban J connectivity index is 1.81. The van der Waals surface area contributed by atoms with Crippen molar-refractivity contribution in [2.75, 3.05) is 32.4 Å².